The van der Waals surface area contributed by atoms with E-state index < -0.39 is 0 Å². The molecule has 18 heavy (non-hydrogen) atoms. The van der Waals surface area contributed by atoms with E-state index in [1.165, 1.54) is 18.4 Å². The molecular formula is C15H25N3. The highest BCUT2D eigenvalue weighted by Crippen LogP contribution is 2.32. The van der Waals surface area contributed by atoms with Crippen molar-refractivity contribution in [1.82, 2.24) is 9.88 Å². The molecule has 3 nitrogen and oxygen atoms in total. The lowest BCUT2D eigenvalue weighted by molar-refractivity contribution is 0.0707. The lowest BCUT2D eigenvalue weighted by atomic mass is 9.89. The minimum atomic E-state index is 0.130. The molecule has 1 aromatic rings. The van der Waals surface area contributed by atoms with Crippen molar-refractivity contribution in [1.29, 1.82) is 0 Å². The van der Waals surface area contributed by atoms with E-state index >= 15 is 0 Å². The molecule has 0 aromatic carbocycles. The Labute approximate surface area is 110 Å². The van der Waals surface area contributed by atoms with Gasteiger partial charge >= 0.3 is 0 Å². The maximum atomic E-state index is 6.23. The van der Waals surface area contributed by atoms with Gasteiger partial charge in [0.1, 0.15) is 0 Å². The minimum absolute atomic E-state index is 0.130. The summed E-state index contributed by atoms with van der Waals surface area (Å²) in [5.74, 6) is 0.832. The molecule has 4 unspecified atom stereocenters. The van der Waals surface area contributed by atoms with Crippen LogP contribution in [0, 0.1) is 5.92 Å². The fraction of sp³-hybridized carbons (Fsp3) is 0.667. The van der Waals surface area contributed by atoms with Crippen LogP contribution in [0.1, 0.15) is 45.2 Å². The third kappa shape index (κ3) is 2.90. The van der Waals surface area contributed by atoms with Gasteiger partial charge < -0.3 is 5.73 Å². The fourth-order valence-corrected chi connectivity index (χ4v) is 3.19. The maximum absolute atomic E-state index is 6.23. The van der Waals surface area contributed by atoms with Gasteiger partial charge in [-0.1, -0.05) is 13.0 Å². The normalized spacial score (nSPS) is 28.9. The van der Waals surface area contributed by atoms with Crippen molar-refractivity contribution < 1.29 is 0 Å². The topological polar surface area (TPSA) is 42.2 Å². The summed E-state index contributed by atoms with van der Waals surface area (Å²) in [5.41, 5.74) is 7.47. The van der Waals surface area contributed by atoms with Crippen LogP contribution in [0.15, 0.2) is 24.5 Å². The average Bonchev–Trinajstić information content (AvgIpc) is 2.33. The smallest absolute Gasteiger partial charge is 0.0514 e. The number of likely N-dealkylation sites (tertiary alicyclic amines) is 1. The van der Waals surface area contributed by atoms with E-state index in [1.54, 1.807) is 0 Å². The van der Waals surface area contributed by atoms with Gasteiger partial charge in [0.25, 0.3) is 0 Å². The zero-order valence-electron chi connectivity index (χ0n) is 11.7. The van der Waals surface area contributed by atoms with E-state index in [2.05, 4.69) is 36.7 Å². The van der Waals surface area contributed by atoms with Gasteiger partial charge in [0, 0.05) is 24.5 Å². The third-order valence-electron chi connectivity index (χ3n) is 4.07. The highest BCUT2D eigenvalue weighted by molar-refractivity contribution is 5.16. The lowest BCUT2D eigenvalue weighted by Gasteiger charge is -2.43. The van der Waals surface area contributed by atoms with Crippen LogP contribution in [-0.2, 0) is 0 Å². The summed E-state index contributed by atoms with van der Waals surface area (Å²) in [6, 6.07) is 5.17. The molecule has 1 saturated heterocycles. The number of piperidine rings is 1. The molecule has 3 heteroatoms. The second-order valence-corrected chi connectivity index (χ2v) is 5.81. The first-order chi connectivity index (χ1) is 8.59. The van der Waals surface area contributed by atoms with E-state index in [0.29, 0.717) is 12.1 Å². The summed E-state index contributed by atoms with van der Waals surface area (Å²) in [5, 5.41) is 0. The van der Waals surface area contributed by atoms with Crippen LogP contribution in [0.3, 0.4) is 0 Å². The summed E-state index contributed by atoms with van der Waals surface area (Å²) >= 11 is 0. The van der Waals surface area contributed by atoms with Crippen molar-refractivity contribution in [2.45, 2.75) is 51.7 Å². The van der Waals surface area contributed by atoms with Crippen LogP contribution in [0.5, 0.6) is 0 Å². The van der Waals surface area contributed by atoms with Crippen LogP contribution in [0.2, 0.25) is 0 Å². The molecule has 1 aliphatic rings. The Bertz CT molecular complexity index is 363. The highest BCUT2D eigenvalue weighted by Gasteiger charge is 2.31. The molecule has 100 valence electrons. The molecule has 2 heterocycles. The van der Waals surface area contributed by atoms with Crippen LogP contribution in [0.4, 0.5) is 0 Å². The molecular weight excluding hydrogens is 222 g/mol. The zero-order valence-corrected chi connectivity index (χ0v) is 11.7. The first-order valence-electron chi connectivity index (χ1n) is 7.01. The monoisotopic (exact) mass is 247 g/mol. The summed E-state index contributed by atoms with van der Waals surface area (Å²) in [4.78, 5) is 6.80. The number of aromatic nitrogens is 1. The van der Waals surface area contributed by atoms with Gasteiger partial charge in [-0.05, 0) is 50.8 Å². The van der Waals surface area contributed by atoms with Crippen LogP contribution >= 0.6 is 0 Å². The van der Waals surface area contributed by atoms with E-state index in [9.17, 15) is 0 Å². The van der Waals surface area contributed by atoms with Crippen molar-refractivity contribution in [2.75, 3.05) is 6.54 Å². The Kier molecular flexibility index (Phi) is 4.36. The minimum Gasteiger partial charge on any atom is -0.326 e. The van der Waals surface area contributed by atoms with E-state index in [4.69, 9.17) is 5.73 Å². The van der Waals surface area contributed by atoms with Gasteiger partial charge in [-0.2, -0.15) is 0 Å². The summed E-state index contributed by atoms with van der Waals surface area (Å²) < 4.78 is 0. The Morgan fingerprint density at radius 2 is 2.22 bits per heavy atom. The SMILES string of the molecule is CC1CCN(C(c2cccnc2)C(C)N)C(C)C1. The Balaban J connectivity index is 2.21. The average molecular weight is 247 g/mol. The molecule has 1 aliphatic heterocycles. The van der Waals surface area contributed by atoms with Crippen LogP contribution < -0.4 is 5.73 Å². The molecule has 1 aromatic heterocycles. The molecule has 2 N–H and O–H groups in total. The number of nitrogens with zero attached hydrogens (tertiary/aromatic N) is 2. The Hall–Kier alpha value is -0.930. The molecule has 2 rings (SSSR count). The fourth-order valence-electron chi connectivity index (χ4n) is 3.19. The van der Waals surface area contributed by atoms with Gasteiger partial charge in [0.2, 0.25) is 0 Å². The molecule has 0 aliphatic carbocycles. The molecule has 0 amide bonds. The largest absolute Gasteiger partial charge is 0.326 e. The van der Waals surface area contributed by atoms with Crippen molar-refractivity contribution in [3.63, 3.8) is 0 Å². The zero-order chi connectivity index (χ0) is 13.1. The maximum Gasteiger partial charge on any atom is 0.0514 e. The summed E-state index contributed by atoms with van der Waals surface area (Å²) in [6.07, 6.45) is 6.32. The van der Waals surface area contributed by atoms with Gasteiger partial charge in [-0.25, -0.2) is 0 Å². The number of pyridine rings is 1. The quantitative estimate of drug-likeness (QED) is 0.892. The molecule has 0 spiro atoms. The predicted molar refractivity (Wildman–Crippen MR) is 75.2 cm³/mol. The van der Waals surface area contributed by atoms with Crippen molar-refractivity contribution >= 4 is 0 Å². The van der Waals surface area contributed by atoms with Gasteiger partial charge in [-0.3, -0.25) is 9.88 Å². The highest BCUT2D eigenvalue weighted by atomic mass is 15.2. The third-order valence-corrected chi connectivity index (χ3v) is 4.07. The van der Waals surface area contributed by atoms with Crippen molar-refractivity contribution in [3.8, 4) is 0 Å². The first-order valence-corrected chi connectivity index (χ1v) is 7.01. The standard InChI is InChI=1S/C15H25N3/c1-11-6-8-18(12(2)9-11)15(13(3)16)14-5-4-7-17-10-14/h4-5,7,10-13,15H,6,8-9,16H2,1-3H3. The summed E-state index contributed by atoms with van der Waals surface area (Å²) in [6.45, 7) is 7.91. The van der Waals surface area contributed by atoms with Crippen molar-refractivity contribution in [2.24, 2.45) is 11.7 Å². The van der Waals surface area contributed by atoms with Crippen LogP contribution in [0.25, 0.3) is 0 Å². The predicted octanol–water partition coefficient (Wildman–Crippen LogP) is 2.59. The second kappa shape index (κ2) is 5.81. The van der Waals surface area contributed by atoms with Crippen molar-refractivity contribution in [3.05, 3.63) is 30.1 Å². The number of rotatable bonds is 3. The first kappa shape index (κ1) is 13.5. The van der Waals surface area contributed by atoms with E-state index in [1.807, 2.05) is 18.5 Å². The second-order valence-electron chi connectivity index (χ2n) is 5.81. The van der Waals surface area contributed by atoms with E-state index in [-0.39, 0.29) is 6.04 Å². The van der Waals surface area contributed by atoms with Gasteiger partial charge in [0.05, 0.1) is 6.04 Å². The molecule has 0 saturated carbocycles. The van der Waals surface area contributed by atoms with Gasteiger partial charge in [-0.15, -0.1) is 0 Å². The number of hydrogen-bond acceptors (Lipinski definition) is 3. The number of hydrogen-bond donors (Lipinski definition) is 1. The molecule has 4 atom stereocenters. The number of nitrogens with two attached hydrogens (primary N) is 1. The van der Waals surface area contributed by atoms with Gasteiger partial charge in [0.15, 0.2) is 0 Å². The molecule has 0 bridgehead atoms. The Morgan fingerprint density at radius 3 is 2.78 bits per heavy atom. The van der Waals surface area contributed by atoms with Crippen LogP contribution in [-0.4, -0.2) is 28.5 Å². The van der Waals surface area contributed by atoms with E-state index in [0.717, 1.165) is 12.5 Å². The molecule has 1 fully saturated rings. The summed E-state index contributed by atoms with van der Waals surface area (Å²) in [7, 11) is 0. The Morgan fingerprint density at radius 1 is 1.44 bits per heavy atom. The molecule has 0 radical (unpaired) electrons. The lowest BCUT2D eigenvalue weighted by Crippen LogP contribution is -2.47.